The summed E-state index contributed by atoms with van der Waals surface area (Å²) in [5, 5.41) is 7.63. The van der Waals surface area contributed by atoms with E-state index in [9.17, 15) is 13.2 Å². The zero-order valence-corrected chi connectivity index (χ0v) is 20.0. The van der Waals surface area contributed by atoms with E-state index in [1.165, 1.54) is 30.3 Å². The van der Waals surface area contributed by atoms with E-state index in [-0.39, 0.29) is 22.7 Å². The lowest BCUT2D eigenvalue weighted by atomic mass is 9.83. The molecule has 3 rings (SSSR count). The summed E-state index contributed by atoms with van der Waals surface area (Å²) in [4.78, 5) is 10.5. The molecule has 0 atom stereocenters. The minimum absolute atomic E-state index is 0.00204. The predicted molar refractivity (Wildman–Crippen MR) is 132 cm³/mol. The number of nitrogens with two attached hydrogens (primary N) is 1. The number of aliphatic imine (C=N–C) groups is 1. The van der Waals surface area contributed by atoms with Crippen LogP contribution in [0.3, 0.4) is 0 Å². The summed E-state index contributed by atoms with van der Waals surface area (Å²) in [5.74, 6) is 0.0288. The van der Waals surface area contributed by atoms with Crippen molar-refractivity contribution < 1.29 is 17.9 Å². The van der Waals surface area contributed by atoms with Crippen LogP contribution in [0.2, 0.25) is 0 Å². The third-order valence-corrected chi connectivity index (χ3v) is 5.38. The van der Waals surface area contributed by atoms with Gasteiger partial charge in [0.2, 0.25) is 0 Å². The molecule has 0 unspecified atom stereocenters. The molecule has 0 saturated carbocycles. The molecule has 0 amide bonds. The highest BCUT2D eigenvalue weighted by atomic mass is 19.3. The van der Waals surface area contributed by atoms with Crippen molar-refractivity contribution in [3.63, 3.8) is 0 Å². The van der Waals surface area contributed by atoms with Crippen molar-refractivity contribution in [2.24, 2.45) is 16.1 Å². The molecule has 1 aromatic carbocycles. The fourth-order valence-corrected chi connectivity index (χ4v) is 3.39. The standard InChI is InChI=1S/C23H26F3N5O.C2H6/c1-23(2)7-9-31(10-8-23)21-12-19(18(24)14-29-21)30-20(28)11-16(13-27)15-3-5-17(6-4-15)32-22(25)26;1-2/h3-6,11-14,22,27H,7-10H2,1-2H3,(H2,28,29,30);1-2H3/b16-11+,27-13?;. The number of halogens is 3. The first-order chi connectivity index (χ1) is 16.2. The van der Waals surface area contributed by atoms with Gasteiger partial charge in [-0.05, 0) is 42.0 Å². The Morgan fingerprint density at radius 2 is 1.82 bits per heavy atom. The molecule has 1 aliphatic heterocycles. The van der Waals surface area contributed by atoms with Gasteiger partial charge in [-0.2, -0.15) is 8.78 Å². The Bertz CT molecular complexity index is 1010. The van der Waals surface area contributed by atoms with Gasteiger partial charge in [0.25, 0.3) is 0 Å². The Balaban J connectivity index is 0.00000199. The summed E-state index contributed by atoms with van der Waals surface area (Å²) in [5.41, 5.74) is 7.25. The number of aromatic nitrogens is 1. The lowest BCUT2D eigenvalue weighted by Gasteiger charge is -2.37. The van der Waals surface area contributed by atoms with Gasteiger partial charge in [0, 0.05) is 30.9 Å². The van der Waals surface area contributed by atoms with Crippen LogP contribution >= 0.6 is 0 Å². The molecule has 9 heteroatoms. The largest absolute Gasteiger partial charge is 0.435 e. The number of nitrogens with zero attached hydrogens (tertiary/aromatic N) is 3. The number of allylic oxidation sites excluding steroid dienone is 1. The van der Waals surface area contributed by atoms with Gasteiger partial charge in [0.15, 0.2) is 5.82 Å². The maximum Gasteiger partial charge on any atom is 0.387 e. The van der Waals surface area contributed by atoms with E-state index in [0.717, 1.165) is 38.3 Å². The molecule has 1 aromatic heterocycles. The van der Waals surface area contributed by atoms with Crippen LogP contribution in [0.15, 0.2) is 47.6 Å². The molecule has 2 aromatic rings. The van der Waals surface area contributed by atoms with Gasteiger partial charge in [-0.15, -0.1) is 0 Å². The molecular weight excluding hydrogens is 443 g/mol. The molecule has 3 N–H and O–H groups in total. The molecule has 184 valence electrons. The number of alkyl halides is 2. The quantitative estimate of drug-likeness (QED) is 0.369. The molecule has 0 aliphatic carbocycles. The Hall–Kier alpha value is -3.36. The topological polar surface area (TPSA) is 87.6 Å². The first-order valence-electron chi connectivity index (χ1n) is 11.2. The number of piperidine rings is 1. The molecule has 6 nitrogen and oxygen atoms in total. The lowest BCUT2D eigenvalue weighted by Crippen LogP contribution is -2.37. The van der Waals surface area contributed by atoms with Gasteiger partial charge in [-0.3, -0.25) is 0 Å². The van der Waals surface area contributed by atoms with E-state index < -0.39 is 12.4 Å². The second kappa shape index (κ2) is 12.2. The first kappa shape index (κ1) is 26.9. The second-order valence-corrected chi connectivity index (χ2v) is 8.33. The van der Waals surface area contributed by atoms with E-state index >= 15 is 0 Å². The molecule has 0 bridgehead atoms. The summed E-state index contributed by atoms with van der Waals surface area (Å²) >= 11 is 0. The minimum Gasteiger partial charge on any atom is -0.435 e. The number of hydrogen-bond donors (Lipinski definition) is 2. The molecule has 2 heterocycles. The molecule has 34 heavy (non-hydrogen) atoms. The number of benzene rings is 1. The van der Waals surface area contributed by atoms with E-state index in [1.807, 2.05) is 13.8 Å². The smallest absolute Gasteiger partial charge is 0.387 e. The summed E-state index contributed by atoms with van der Waals surface area (Å²) in [6, 6.07) is 7.33. The van der Waals surface area contributed by atoms with Crippen molar-refractivity contribution in [1.29, 1.82) is 5.41 Å². The summed E-state index contributed by atoms with van der Waals surface area (Å²) in [7, 11) is 0. The van der Waals surface area contributed by atoms with E-state index in [1.54, 1.807) is 6.07 Å². The average Bonchev–Trinajstić information content (AvgIpc) is 2.80. The SMILES string of the molecule is CC.CC1(C)CCN(c2cc(N=C(N)/C=C(\C=N)c3ccc(OC(F)F)cc3)c(F)cn2)CC1. The monoisotopic (exact) mass is 475 g/mol. The van der Waals surface area contributed by atoms with Crippen LogP contribution < -0.4 is 15.4 Å². The molecule has 0 radical (unpaired) electrons. The normalized spacial score (nSPS) is 16.1. The van der Waals surface area contributed by atoms with Gasteiger partial charge < -0.3 is 20.8 Å². The van der Waals surface area contributed by atoms with Crippen molar-refractivity contribution in [2.75, 3.05) is 18.0 Å². The second-order valence-electron chi connectivity index (χ2n) is 8.33. The van der Waals surface area contributed by atoms with Gasteiger partial charge in [-0.25, -0.2) is 14.4 Å². The van der Waals surface area contributed by atoms with Crippen LogP contribution in [0, 0.1) is 16.6 Å². The fraction of sp³-hybridized carbons (Fsp3) is 0.400. The first-order valence-corrected chi connectivity index (χ1v) is 11.2. The maximum atomic E-state index is 14.3. The van der Waals surface area contributed by atoms with Crippen LogP contribution in [0.5, 0.6) is 5.75 Å². The van der Waals surface area contributed by atoms with Crippen LogP contribution in [0.1, 0.15) is 46.1 Å². The van der Waals surface area contributed by atoms with Crippen molar-refractivity contribution in [3.05, 3.63) is 54.0 Å². The van der Waals surface area contributed by atoms with Crippen molar-refractivity contribution in [2.45, 2.75) is 47.1 Å². The van der Waals surface area contributed by atoms with Crippen molar-refractivity contribution >= 4 is 29.1 Å². The summed E-state index contributed by atoms with van der Waals surface area (Å²) < 4.78 is 43.2. The highest BCUT2D eigenvalue weighted by molar-refractivity contribution is 6.16. The minimum atomic E-state index is -2.92. The highest BCUT2D eigenvalue weighted by Gasteiger charge is 2.26. The van der Waals surface area contributed by atoms with E-state index in [4.69, 9.17) is 11.1 Å². The van der Waals surface area contributed by atoms with Crippen molar-refractivity contribution in [3.8, 4) is 5.75 Å². The van der Waals surface area contributed by atoms with Gasteiger partial charge >= 0.3 is 6.61 Å². The Morgan fingerprint density at radius 1 is 1.21 bits per heavy atom. The number of pyridine rings is 1. The lowest BCUT2D eigenvalue weighted by molar-refractivity contribution is -0.0498. The molecule has 1 aliphatic rings. The number of ether oxygens (including phenoxy) is 1. The van der Waals surface area contributed by atoms with Gasteiger partial charge in [-0.1, -0.05) is 39.8 Å². The molecule has 0 spiro atoms. The summed E-state index contributed by atoms with van der Waals surface area (Å²) in [6.07, 6.45) is 5.62. The number of nitrogens with one attached hydrogen (secondary N) is 1. The van der Waals surface area contributed by atoms with Crippen LogP contribution in [0.4, 0.5) is 24.7 Å². The third-order valence-electron chi connectivity index (χ3n) is 5.38. The maximum absolute atomic E-state index is 14.3. The van der Waals surface area contributed by atoms with Crippen LogP contribution in [-0.4, -0.2) is 36.7 Å². The molecule has 1 fully saturated rings. The van der Waals surface area contributed by atoms with Crippen LogP contribution in [0.25, 0.3) is 5.57 Å². The highest BCUT2D eigenvalue weighted by Crippen LogP contribution is 2.33. The summed E-state index contributed by atoms with van der Waals surface area (Å²) in [6.45, 7) is 7.19. The number of amidine groups is 1. The average molecular weight is 476 g/mol. The van der Waals surface area contributed by atoms with E-state index in [0.29, 0.717) is 17.0 Å². The van der Waals surface area contributed by atoms with Gasteiger partial charge in [0.1, 0.15) is 23.1 Å². The molecular formula is C25H32F3N5O. The zero-order chi connectivity index (χ0) is 25.3. The van der Waals surface area contributed by atoms with E-state index in [2.05, 4.69) is 33.5 Å². The Labute approximate surface area is 198 Å². The third kappa shape index (κ3) is 7.60. The van der Waals surface area contributed by atoms with Crippen LogP contribution in [-0.2, 0) is 0 Å². The Morgan fingerprint density at radius 3 is 2.38 bits per heavy atom. The van der Waals surface area contributed by atoms with Gasteiger partial charge in [0.05, 0.1) is 6.20 Å². The number of anilines is 1. The number of hydrogen-bond acceptors (Lipinski definition) is 5. The molecule has 1 saturated heterocycles. The number of rotatable bonds is 7. The Kier molecular flexibility index (Phi) is 9.65. The zero-order valence-electron chi connectivity index (χ0n) is 20.0. The predicted octanol–water partition coefficient (Wildman–Crippen LogP) is 6.20. The van der Waals surface area contributed by atoms with Crippen molar-refractivity contribution in [1.82, 2.24) is 4.98 Å². The fourth-order valence-electron chi connectivity index (χ4n) is 3.39.